The number of aromatic nitrogens is 1. The molecule has 1 aromatic heterocycles. The predicted octanol–water partition coefficient (Wildman–Crippen LogP) is 11.0. The fourth-order valence-electron chi connectivity index (χ4n) is 5.81. The van der Waals surface area contributed by atoms with Crippen LogP contribution in [0.15, 0.2) is 65.2 Å². The minimum Gasteiger partial charge on any atom is -0.478 e. The van der Waals surface area contributed by atoms with Crippen molar-refractivity contribution in [1.82, 2.24) is 9.88 Å². The molecule has 0 spiro atoms. The normalized spacial score (nSPS) is 16.7. The molecule has 1 aliphatic carbocycles. The summed E-state index contributed by atoms with van der Waals surface area (Å²) < 4.78 is 25.6. The number of rotatable bonds is 14. The quantitative estimate of drug-likeness (QED) is 0.0682. The van der Waals surface area contributed by atoms with Crippen LogP contribution in [0.2, 0.25) is 5.02 Å². The largest absolute Gasteiger partial charge is 0.478 e. The number of terminal acetylenes is 1. The van der Waals surface area contributed by atoms with Gasteiger partial charge in [0.25, 0.3) is 0 Å². The summed E-state index contributed by atoms with van der Waals surface area (Å²) in [6.45, 7) is 15.2. The highest BCUT2D eigenvalue weighted by Crippen LogP contribution is 2.31. The summed E-state index contributed by atoms with van der Waals surface area (Å²) in [7, 11) is 4.04. The van der Waals surface area contributed by atoms with Crippen molar-refractivity contribution >= 4 is 23.4 Å². The molecule has 1 aliphatic rings. The van der Waals surface area contributed by atoms with Crippen LogP contribution in [0, 0.1) is 30.0 Å². The fourth-order valence-corrected chi connectivity index (χ4v) is 5.97. The number of likely N-dealkylation sites (N-methyl/N-ethyl adjacent to an activating group) is 1. The van der Waals surface area contributed by atoms with E-state index in [4.69, 9.17) is 31.2 Å². The van der Waals surface area contributed by atoms with E-state index in [1.165, 1.54) is 50.4 Å². The van der Waals surface area contributed by atoms with Crippen molar-refractivity contribution in [3.05, 3.63) is 82.3 Å². The maximum atomic E-state index is 14.1. The average Bonchev–Trinajstić information content (AvgIpc) is 3.11. The number of carboxylic acid groups (broad SMARTS) is 1. The molecule has 3 atom stereocenters. The molecule has 0 saturated heterocycles. The second-order valence-corrected chi connectivity index (χ2v) is 12.9. The summed E-state index contributed by atoms with van der Waals surface area (Å²) in [6.07, 6.45) is 20.1. The Morgan fingerprint density at radius 3 is 2.40 bits per heavy atom. The van der Waals surface area contributed by atoms with Crippen LogP contribution in [0.1, 0.15) is 111 Å². The Balaban J connectivity index is 0.00000147. The van der Waals surface area contributed by atoms with E-state index in [0.717, 1.165) is 38.1 Å². The van der Waals surface area contributed by atoms with E-state index in [-0.39, 0.29) is 18.5 Å². The van der Waals surface area contributed by atoms with E-state index in [1.54, 1.807) is 38.1 Å². The van der Waals surface area contributed by atoms with Crippen molar-refractivity contribution in [3.63, 3.8) is 0 Å². The smallest absolute Gasteiger partial charge is 0.335 e. The first-order valence-corrected chi connectivity index (χ1v) is 19.1. The van der Waals surface area contributed by atoms with Crippen molar-refractivity contribution in [2.24, 2.45) is 16.8 Å². The lowest BCUT2D eigenvalue weighted by Gasteiger charge is -2.29. The van der Waals surface area contributed by atoms with Crippen LogP contribution in [-0.4, -0.2) is 60.1 Å². The molecule has 1 aromatic carbocycles. The van der Waals surface area contributed by atoms with Gasteiger partial charge in [-0.1, -0.05) is 88.4 Å². The van der Waals surface area contributed by atoms with Crippen LogP contribution in [0.3, 0.4) is 0 Å². The molecule has 1 fully saturated rings. The van der Waals surface area contributed by atoms with Crippen LogP contribution >= 0.6 is 11.6 Å². The molecule has 1 heterocycles. The molecule has 3 unspecified atom stereocenters. The Bertz CT molecular complexity index is 1400. The third-order valence-electron chi connectivity index (χ3n) is 8.37. The number of carbonyl (C=O) groups is 1. The summed E-state index contributed by atoms with van der Waals surface area (Å²) in [5.41, 5.74) is 1.86. The first kappa shape index (κ1) is 48.3. The Hall–Kier alpha value is -3.67. The number of pyridine rings is 1. The van der Waals surface area contributed by atoms with Gasteiger partial charge in [0.05, 0.1) is 17.5 Å². The topological polar surface area (TPSA) is 84.2 Å². The summed E-state index contributed by atoms with van der Waals surface area (Å²) in [5, 5.41) is 8.86. The molecule has 7 nitrogen and oxygen atoms in total. The number of nitrogens with zero attached hydrogens (tertiary/aromatic N) is 3. The van der Waals surface area contributed by atoms with Gasteiger partial charge in [-0.25, -0.2) is 14.2 Å². The van der Waals surface area contributed by atoms with Gasteiger partial charge in [-0.15, -0.1) is 12.3 Å². The molecule has 0 aliphatic heterocycles. The Labute approximate surface area is 319 Å². The van der Waals surface area contributed by atoms with Crippen LogP contribution < -0.4 is 4.74 Å². The number of hydrogen-bond acceptors (Lipinski definition) is 5. The molecule has 52 heavy (non-hydrogen) atoms. The summed E-state index contributed by atoms with van der Waals surface area (Å²) in [4.78, 5) is 21.9. The molecule has 0 amide bonds. The number of allylic oxidation sites excluding steroid dienone is 2. The van der Waals surface area contributed by atoms with Crippen LogP contribution in [0.5, 0.6) is 5.88 Å². The molecule has 0 bridgehead atoms. The maximum Gasteiger partial charge on any atom is 0.335 e. The summed E-state index contributed by atoms with van der Waals surface area (Å²) in [6, 6.07) is 10.5. The zero-order chi connectivity index (χ0) is 39.3. The minimum absolute atomic E-state index is 0.129. The average molecular weight is 742 g/mol. The number of amidine groups is 1. The first-order valence-electron chi connectivity index (χ1n) is 18.8. The molecule has 0 radical (unpaired) electrons. The van der Waals surface area contributed by atoms with Gasteiger partial charge in [0.2, 0.25) is 5.88 Å². The molecule has 2 aromatic rings. The molecule has 3 rings (SSSR count). The molecular weight excluding hydrogens is 677 g/mol. The maximum absolute atomic E-state index is 14.1. The van der Waals surface area contributed by atoms with Crippen molar-refractivity contribution in [1.29, 1.82) is 0 Å². The number of aliphatic imine (C=N–C) groups is 1. The highest BCUT2D eigenvalue weighted by Gasteiger charge is 2.21. The Kier molecular flexibility index (Phi) is 27.8. The van der Waals surface area contributed by atoms with E-state index in [1.807, 2.05) is 53.0 Å². The Morgan fingerprint density at radius 1 is 1.17 bits per heavy atom. The molecule has 1 saturated carbocycles. The second-order valence-electron chi connectivity index (χ2n) is 12.4. The number of benzene rings is 1. The number of ether oxygens (including phenoxy) is 2. The van der Waals surface area contributed by atoms with Crippen LogP contribution in [0.4, 0.5) is 4.39 Å². The standard InChI is InChI=1S/C30H43ClFN3O2.C8H12O2.C3H4.C2H6/c1-5-36-22(2)20-35(4)29(33-3)18-24-10-7-6-9-23(13-14-24)17-27-11-8-12-30(34-27)37-21-25-15-16-26(31)19-28(25)32;1-3-5-6-7(4-2)8(9)10;1-3-2;1-2/h8,11-12,15-16,19,22-24H,5-7,9-10,13-14,17-18,20-21H2,1-4H3;4-6H,3H2,1-2H3,(H,9,10);1H,2H3;1-2H3/b;6-5-,7-4+;;. The minimum atomic E-state index is -0.868. The van der Waals surface area contributed by atoms with Crippen molar-refractivity contribution < 1.29 is 23.8 Å². The van der Waals surface area contributed by atoms with Gasteiger partial charge in [0.15, 0.2) is 0 Å². The van der Waals surface area contributed by atoms with Crippen molar-refractivity contribution in [2.75, 3.05) is 27.2 Å². The van der Waals surface area contributed by atoms with Crippen molar-refractivity contribution in [3.8, 4) is 18.2 Å². The lowest BCUT2D eigenvalue weighted by atomic mass is 9.82. The molecular formula is C43H65ClFN3O4. The van der Waals surface area contributed by atoms with Gasteiger partial charge in [0.1, 0.15) is 12.4 Å². The lowest BCUT2D eigenvalue weighted by Crippen LogP contribution is -2.35. The second kappa shape index (κ2) is 29.9. The van der Waals surface area contributed by atoms with Gasteiger partial charge >= 0.3 is 5.97 Å². The zero-order valence-electron chi connectivity index (χ0n) is 33.3. The van der Waals surface area contributed by atoms with Crippen molar-refractivity contribution in [2.45, 2.75) is 119 Å². The molecule has 9 heteroatoms. The van der Waals surface area contributed by atoms with Crippen LogP contribution in [0.25, 0.3) is 0 Å². The third-order valence-corrected chi connectivity index (χ3v) is 8.61. The van der Waals surface area contributed by atoms with Gasteiger partial charge in [-0.05, 0) is 83.4 Å². The van der Waals surface area contributed by atoms with E-state index in [2.05, 4.69) is 42.3 Å². The van der Waals surface area contributed by atoms with E-state index in [9.17, 15) is 9.18 Å². The Morgan fingerprint density at radius 2 is 1.83 bits per heavy atom. The van der Waals surface area contributed by atoms with Gasteiger partial charge in [-0.2, -0.15) is 0 Å². The molecule has 290 valence electrons. The highest BCUT2D eigenvalue weighted by atomic mass is 35.5. The van der Waals surface area contributed by atoms with E-state index in [0.29, 0.717) is 33.9 Å². The van der Waals surface area contributed by atoms with Gasteiger partial charge in [0, 0.05) is 56.0 Å². The monoisotopic (exact) mass is 741 g/mol. The van der Waals surface area contributed by atoms with Crippen LogP contribution in [-0.2, 0) is 22.6 Å². The highest BCUT2D eigenvalue weighted by molar-refractivity contribution is 6.30. The fraction of sp³-hybridized carbons (Fsp3) is 0.558. The molecule has 1 N–H and O–H groups in total. The number of aliphatic carboxylic acids is 1. The third kappa shape index (κ3) is 21.0. The van der Waals surface area contributed by atoms with Gasteiger partial charge in [-0.3, -0.25) is 4.99 Å². The first-order chi connectivity index (χ1) is 25.0. The number of carboxylic acids is 1. The van der Waals surface area contributed by atoms with E-state index >= 15 is 0 Å². The lowest BCUT2D eigenvalue weighted by molar-refractivity contribution is -0.132. The number of halogens is 2. The predicted molar refractivity (Wildman–Crippen MR) is 217 cm³/mol. The van der Waals surface area contributed by atoms with E-state index < -0.39 is 5.97 Å². The SMILES string of the molecule is C#CC.C/C=C(\C=C/CC)C(=O)O.CC.CCOC(C)CN(C)C(CC1CCCCC(Cc2cccc(OCc3ccc(Cl)cc3F)n2)CC1)=NC. The summed E-state index contributed by atoms with van der Waals surface area (Å²) in [5.74, 6) is 3.99. The summed E-state index contributed by atoms with van der Waals surface area (Å²) >= 11 is 5.85. The zero-order valence-corrected chi connectivity index (χ0v) is 34.0. The van der Waals surface area contributed by atoms with Gasteiger partial charge < -0.3 is 19.5 Å². The number of hydrogen-bond donors (Lipinski definition) is 1.